The Hall–Kier alpha value is 0.297. The predicted octanol–water partition coefficient (Wildman–Crippen LogP) is 1.21. The molecule has 0 amide bonds. The van der Waals surface area contributed by atoms with Crippen LogP contribution in [0.5, 0.6) is 0 Å². The quantitative estimate of drug-likeness (QED) is 0.529. The van der Waals surface area contributed by atoms with Gasteiger partial charge in [-0.3, -0.25) is 4.90 Å². The molecule has 0 saturated carbocycles. The van der Waals surface area contributed by atoms with Crippen LogP contribution >= 0.6 is 0 Å². The second-order valence-corrected chi connectivity index (χ2v) is 2.83. The number of rotatable bonds is 2. The molecule has 0 N–H and O–H groups in total. The molecule has 1 rings (SSSR count). The molecule has 11 heavy (non-hydrogen) atoms. The average Bonchev–Trinajstić information content (AvgIpc) is 2.03. The third-order valence-corrected chi connectivity index (χ3v) is 1.98. The molecule has 0 aliphatic carbocycles. The van der Waals surface area contributed by atoms with Crippen molar-refractivity contribution < 1.29 is 0 Å². The fourth-order valence-electron chi connectivity index (χ4n) is 1.37. The molecule has 1 fully saturated rings. The normalized spacial score (nSPS) is 20.1. The van der Waals surface area contributed by atoms with Gasteiger partial charge in [0.1, 0.15) is 0 Å². The number of hydrogen-bond acceptors (Lipinski definition) is 1. The van der Waals surface area contributed by atoms with Crippen molar-refractivity contribution in [2.75, 3.05) is 19.6 Å². The Morgan fingerprint density at radius 3 is 2.36 bits per heavy atom. The molecule has 1 nitrogen and oxygen atoms in total. The fourth-order valence-corrected chi connectivity index (χ4v) is 1.37. The summed E-state index contributed by atoms with van der Waals surface area (Å²) >= 11 is 0. The van der Waals surface area contributed by atoms with Crippen LogP contribution in [0, 0.1) is 6.92 Å². The van der Waals surface area contributed by atoms with Crippen LogP contribution in [-0.2, 0) is 0 Å². The molecule has 2 heteroatoms. The zero-order valence-corrected chi connectivity index (χ0v) is 6.55. The maximum atomic E-state index is 3.66. The van der Waals surface area contributed by atoms with Gasteiger partial charge in [0.25, 0.3) is 0 Å². The van der Waals surface area contributed by atoms with E-state index in [1.54, 1.807) is 0 Å². The number of likely N-dealkylation sites (tertiary alicyclic amines) is 1. The van der Waals surface area contributed by atoms with Gasteiger partial charge in [-0.2, -0.15) is 0 Å². The summed E-state index contributed by atoms with van der Waals surface area (Å²) in [5.74, 6) is 0. The first-order valence-electron chi connectivity index (χ1n) is 4.10. The van der Waals surface area contributed by atoms with E-state index in [1.165, 1.54) is 32.4 Å². The topological polar surface area (TPSA) is 3.24 Å². The third kappa shape index (κ3) is 4.69. The van der Waals surface area contributed by atoms with Gasteiger partial charge in [0.05, 0.1) is 0 Å². The second-order valence-electron chi connectivity index (χ2n) is 2.83. The van der Waals surface area contributed by atoms with Gasteiger partial charge in [0, 0.05) is 6.54 Å². The molecule has 0 aromatic rings. The third-order valence-electron chi connectivity index (χ3n) is 1.98. The summed E-state index contributed by atoms with van der Waals surface area (Å²) in [5.41, 5.74) is 0. The first kappa shape index (κ1) is 11.3. The molecule has 1 aliphatic heterocycles. The van der Waals surface area contributed by atoms with Crippen LogP contribution < -0.4 is 0 Å². The standard InChI is InChI=1S/C9H16N.Li.H/c1-2-3-7-10-8-5-4-6-9-10;;/h2-3H,1,4-9H2;;/b3-2+;;. The zero-order chi connectivity index (χ0) is 7.23. The van der Waals surface area contributed by atoms with Crippen molar-refractivity contribution in [2.24, 2.45) is 0 Å². The number of hydrogen-bond donors (Lipinski definition) is 0. The van der Waals surface area contributed by atoms with E-state index in [1.807, 2.05) is 6.08 Å². The zero-order valence-electron chi connectivity index (χ0n) is 6.55. The van der Waals surface area contributed by atoms with Gasteiger partial charge in [0.2, 0.25) is 0 Å². The van der Waals surface area contributed by atoms with Gasteiger partial charge >= 0.3 is 18.9 Å². The predicted molar refractivity (Wildman–Crippen MR) is 51.9 cm³/mol. The van der Waals surface area contributed by atoms with Crippen LogP contribution in [-0.4, -0.2) is 43.4 Å². The molecule has 0 unspecified atom stereocenters. The van der Waals surface area contributed by atoms with Crippen molar-refractivity contribution in [2.45, 2.75) is 19.3 Å². The van der Waals surface area contributed by atoms with E-state index in [0.29, 0.717) is 0 Å². The molecule has 0 aromatic carbocycles. The minimum atomic E-state index is 0. The molecule has 59 valence electrons. The Morgan fingerprint density at radius 2 is 1.82 bits per heavy atom. The Bertz CT molecular complexity index is 106. The van der Waals surface area contributed by atoms with Gasteiger partial charge in [-0.15, -0.1) is 0 Å². The number of allylic oxidation sites excluding steroid dienone is 1. The van der Waals surface area contributed by atoms with E-state index in [9.17, 15) is 0 Å². The van der Waals surface area contributed by atoms with Crippen molar-refractivity contribution >= 4 is 18.9 Å². The van der Waals surface area contributed by atoms with Gasteiger partial charge in [-0.05, 0) is 32.9 Å². The molecule has 1 saturated heterocycles. The van der Waals surface area contributed by atoms with E-state index >= 15 is 0 Å². The molecule has 0 bridgehead atoms. The van der Waals surface area contributed by atoms with Crippen molar-refractivity contribution in [3.63, 3.8) is 0 Å². The van der Waals surface area contributed by atoms with E-state index < -0.39 is 0 Å². The van der Waals surface area contributed by atoms with E-state index in [-0.39, 0.29) is 18.9 Å². The molecule has 1 heterocycles. The van der Waals surface area contributed by atoms with Crippen molar-refractivity contribution in [3.8, 4) is 0 Å². The monoisotopic (exact) mass is 146 g/mol. The van der Waals surface area contributed by atoms with E-state index in [4.69, 9.17) is 0 Å². The molecule has 1 aliphatic rings. The second kappa shape index (κ2) is 6.97. The van der Waals surface area contributed by atoms with Gasteiger partial charge in [0.15, 0.2) is 0 Å². The van der Waals surface area contributed by atoms with Crippen LogP contribution in [0.4, 0.5) is 0 Å². The Morgan fingerprint density at radius 1 is 1.18 bits per heavy atom. The van der Waals surface area contributed by atoms with Gasteiger partial charge in [-0.1, -0.05) is 18.6 Å². The molecular formula is C9H17LiN. The molecule has 0 atom stereocenters. The maximum absolute atomic E-state index is 3.66. The first-order valence-corrected chi connectivity index (χ1v) is 4.10. The van der Waals surface area contributed by atoms with Crippen molar-refractivity contribution in [3.05, 3.63) is 19.1 Å². The van der Waals surface area contributed by atoms with Gasteiger partial charge in [-0.25, -0.2) is 0 Å². The van der Waals surface area contributed by atoms with Gasteiger partial charge < -0.3 is 0 Å². The summed E-state index contributed by atoms with van der Waals surface area (Å²) in [6, 6.07) is 0. The molecule has 0 spiro atoms. The van der Waals surface area contributed by atoms with Crippen LogP contribution in [0.25, 0.3) is 0 Å². The summed E-state index contributed by atoms with van der Waals surface area (Å²) in [6.45, 7) is 7.33. The minimum absolute atomic E-state index is 0. The van der Waals surface area contributed by atoms with Crippen LogP contribution in [0.3, 0.4) is 0 Å². The summed E-state index contributed by atoms with van der Waals surface area (Å²) in [7, 11) is 0. The molecule has 0 aromatic heterocycles. The average molecular weight is 146 g/mol. The Balaban J connectivity index is 0.000001000. The summed E-state index contributed by atoms with van der Waals surface area (Å²) < 4.78 is 0. The van der Waals surface area contributed by atoms with Crippen LogP contribution in [0.15, 0.2) is 12.2 Å². The van der Waals surface area contributed by atoms with Crippen molar-refractivity contribution in [1.82, 2.24) is 4.90 Å². The summed E-state index contributed by atoms with van der Waals surface area (Å²) in [6.07, 6.45) is 8.19. The van der Waals surface area contributed by atoms with Crippen LogP contribution in [0.1, 0.15) is 19.3 Å². The van der Waals surface area contributed by atoms with E-state index in [2.05, 4.69) is 17.9 Å². The first-order chi connectivity index (χ1) is 4.93. The molecule has 1 radical (unpaired) electrons. The SMILES string of the molecule is [CH2]/C=C/CN1CCCCC1.[LiH]. The fraction of sp³-hybridized carbons (Fsp3) is 0.667. The Kier molecular flexibility index (Phi) is 7.16. The molecular weight excluding hydrogens is 129 g/mol. The summed E-state index contributed by atoms with van der Waals surface area (Å²) in [4.78, 5) is 2.48. The van der Waals surface area contributed by atoms with Crippen LogP contribution in [0.2, 0.25) is 0 Å². The Labute approximate surface area is 82.0 Å². The number of nitrogens with zero attached hydrogens (tertiary/aromatic N) is 1. The van der Waals surface area contributed by atoms with E-state index in [0.717, 1.165) is 6.54 Å². The summed E-state index contributed by atoms with van der Waals surface area (Å²) in [5, 5.41) is 0. The van der Waals surface area contributed by atoms with Crippen molar-refractivity contribution in [1.29, 1.82) is 0 Å². The number of piperidine rings is 1.